The Morgan fingerprint density at radius 3 is 2.44 bits per heavy atom. The third-order valence-corrected chi connectivity index (χ3v) is 2.27. The van der Waals surface area contributed by atoms with Crippen molar-refractivity contribution in [1.29, 1.82) is 0 Å². The lowest BCUT2D eigenvalue weighted by atomic mass is 9.92. The van der Waals surface area contributed by atoms with Gasteiger partial charge in [-0.15, -0.1) is 0 Å². The van der Waals surface area contributed by atoms with E-state index < -0.39 is 0 Å². The summed E-state index contributed by atoms with van der Waals surface area (Å²) in [5.41, 5.74) is 0. The van der Waals surface area contributed by atoms with E-state index in [0.717, 1.165) is 6.04 Å². The minimum absolute atomic E-state index is 0.935. The zero-order valence-corrected chi connectivity index (χ0v) is 6.56. The molecular weight excluding hydrogens is 110 g/mol. The lowest BCUT2D eigenvalue weighted by Crippen LogP contribution is -2.37. The van der Waals surface area contributed by atoms with Crippen LogP contribution >= 0.6 is 0 Å². The summed E-state index contributed by atoms with van der Waals surface area (Å²) in [7, 11) is 2.24. The fourth-order valence-electron chi connectivity index (χ4n) is 1.36. The van der Waals surface area contributed by atoms with Crippen molar-refractivity contribution in [2.75, 3.05) is 13.6 Å². The van der Waals surface area contributed by atoms with Crippen LogP contribution in [-0.2, 0) is 0 Å². The lowest BCUT2D eigenvalue weighted by Gasteiger charge is -2.34. The van der Waals surface area contributed by atoms with Crippen LogP contribution in [0.25, 0.3) is 0 Å². The van der Waals surface area contributed by atoms with Crippen LogP contribution in [0, 0.1) is 0 Å². The molecule has 0 saturated heterocycles. The fourth-order valence-corrected chi connectivity index (χ4v) is 1.36. The standard InChI is InChI=1S/C8H17N/c1-3-7-9(2)8-5-4-6-8/h8H,3-7H2,1-2H3. The van der Waals surface area contributed by atoms with Gasteiger partial charge in [0.1, 0.15) is 0 Å². The highest BCUT2D eigenvalue weighted by Gasteiger charge is 2.20. The Balaban J connectivity index is 2.08. The Hall–Kier alpha value is -0.0400. The van der Waals surface area contributed by atoms with Crippen LogP contribution in [0.2, 0.25) is 0 Å². The van der Waals surface area contributed by atoms with Crippen LogP contribution in [0.3, 0.4) is 0 Å². The smallest absolute Gasteiger partial charge is 0.00922 e. The molecule has 0 heterocycles. The molecule has 0 aromatic heterocycles. The third-order valence-electron chi connectivity index (χ3n) is 2.27. The van der Waals surface area contributed by atoms with E-state index in [1.807, 2.05) is 0 Å². The molecule has 9 heavy (non-hydrogen) atoms. The van der Waals surface area contributed by atoms with Crippen molar-refractivity contribution in [2.45, 2.75) is 38.6 Å². The van der Waals surface area contributed by atoms with E-state index in [1.54, 1.807) is 0 Å². The van der Waals surface area contributed by atoms with E-state index >= 15 is 0 Å². The molecule has 0 spiro atoms. The maximum atomic E-state index is 2.49. The molecule has 0 unspecified atom stereocenters. The summed E-state index contributed by atoms with van der Waals surface area (Å²) in [6, 6.07) is 0.935. The SMILES string of the molecule is CCCN(C)C1CCC1. The molecular formula is C8H17N. The van der Waals surface area contributed by atoms with Crippen LogP contribution in [0.1, 0.15) is 32.6 Å². The molecule has 1 aliphatic carbocycles. The van der Waals surface area contributed by atoms with Gasteiger partial charge in [0.25, 0.3) is 0 Å². The molecule has 1 nitrogen and oxygen atoms in total. The molecule has 0 amide bonds. The van der Waals surface area contributed by atoms with E-state index in [9.17, 15) is 0 Å². The Morgan fingerprint density at radius 2 is 2.11 bits per heavy atom. The average molecular weight is 127 g/mol. The van der Waals surface area contributed by atoms with Gasteiger partial charge in [0, 0.05) is 6.04 Å². The Labute approximate surface area is 58.0 Å². The molecule has 0 bridgehead atoms. The van der Waals surface area contributed by atoms with Gasteiger partial charge in [-0.05, 0) is 32.9 Å². The maximum absolute atomic E-state index is 2.49. The molecule has 0 N–H and O–H groups in total. The maximum Gasteiger partial charge on any atom is 0.00922 e. The molecule has 1 fully saturated rings. The molecule has 0 aliphatic heterocycles. The second-order valence-electron chi connectivity index (χ2n) is 3.07. The molecule has 0 atom stereocenters. The summed E-state index contributed by atoms with van der Waals surface area (Å²) in [4.78, 5) is 2.49. The van der Waals surface area contributed by atoms with E-state index in [2.05, 4.69) is 18.9 Å². The highest BCUT2D eigenvalue weighted by Crippen LogP contribution is 2.23. The number of nitrogens with zero attached hydrogens (tertiary/aromatic N) is 1. The lowest BCUT2D eigenvalue weighted by molar-refractivity contribution is 0.160. The number of hydrogen-bond donors (Lipinski definition) is 0. The van der Waals surface area contributed by atoms with Gasteiger partial charge in [0.15, 0.2) is 0 Å². The molecule has 0 aromatic carbocycles. The number of rotatable bonds is 3. The van der Waals surface area contributed by atoms with Crippen molar-refractivity contribution in [3.8, 4) is 0 Å². The van der Waals surface area contributed by atoms with Gasteiger partial charge < -0.3 is 4.90 Å². The Kier molecular flexibility index (Phi) is 2.52. The van der Waals surface area contributed by atoms with E-state index in [1.165, 1.54) is 32.2 Å². The largest absolute Gasteiger partial charge is 0.303 e. The highest BCUT2D eigenvalue weighted by atomic mass is 15.1. The van der Waals surface area contributed by atoms with Crippen molar-refractivity contribution < 1.29 is 0 Å². The summed E-state index contributed by atoms with van der Waals surface area (Å²) < 4.78 is 0. The van der Waals surface area contributed by atoms with Gasteiger partial charge in [-0.25, -0.2) is 0 Å². The molecule has 1 aliphatic rings. The molecule has 0 aromatic rings. The highest BCUT2D eigenvalue weighted by molar-refractivity contribution is 4.77. The summed E-state index contributed by atoms with van der Waals surface area (Å²) in [5.74, 6) is 0. The summed E-state index contributed by atoms with van der Waals surface area (Å²) in [5, 5.41) is 0. The van der Waals surface area contributed by atoms with Gasteiger partial charge in [-0.2, -0.15) is 0 Å². The monoisotopic (exact) mass is 127 g/mol. The van der Waals surface area contributed by atoms with Crippen LogP contribution in [0.5, 0.6) is 0 Å². The van der Waals surface area contributed by atoms with E-state index in [-0.39, 0.29) is 0 Å². The van der Waals surface area contributed by atoms with Crippen molar-refractivity contribution >= 4 is 0 Å². The first-order chi connectivity index (χ1) is 4.34. The van der Waals surface area contributed by atoms with Gasteiger partial charge in [-0.3, -0.25) is 0 Å². The second-order valence-corrected chi connectivity index (χ2v) is 3.07. The zero-order valence-electron chi connectivity index (χ0n) is 6.56. The quantitative estimate of drug-likeness (QED) is 0.559. The summed E-state index contributed by atoms with van der Waals surface area (Å²) in [6.45, 7) is 3.53. The van der Waals surface area contributed by atoms with Crippen molar-refractivity contribution in [2.24, 2.45) is 0 Å². The van der Waals surface area contributed by atoms with Crippen molar-refractivity contribution in [1.82, 2.24) is 4.90 Å². The van der Waals surface area contributed by atoms with E-state index in [4.69, 9.17) is 0 Å². The first-order valence-corrected chi connectivity index (χ1v) is 4.05. The zero-order chi connectivity index (χ0) is 6.69. The van der Waals surface area contributed by atoms with Crippen LogP contribution in [0.15, 0.2) is 0 Å². The van der Waals surface area contributed by atoms with E-state index in [0.29, 0.717) is 0 Å². The van der Waals surface area contributed by atoms with Gasteiger partial charge in [-0.1, -0.05) is 13.3 Å². The first-order valence-electron chi connectivity index (χ1n) is 4.05. The summed E-state index contributed by atoms with van der Waals surface area (Å²) >= 11 is 0. The van der Waals surface area contributed by atoms with Gasteiger partial charge >= 0.3 is 0 Å². The predicted octanol–water partition coefficient (Wildman–Crippen LogP) is 1.88. The molecule has 1 saturated carbocycles. The Bertz CT molecular complexity index is 76.6. The number of hydrogen-bond acceptors (Lipinski definition) is 1. The van der Waals surface area contributed by atoms with Gasteiger partial charge in [0.05, 0.1) is 0 Å². The second kappa shape index (κ2) is 3.21. The summed E-state index contributed by atoms with van der Waals surface area (Å²) in [6.07, 6.45) is 5.64. The third kappa shape index (κ3) is 1.68. The minimum Gasteiger partial charge on any atom is -0.303 e. The first kappa shape index (κ1) is 7.07. The predicted molar refractivity (Wildman–Crippen MR) is 40.6 cm³/mol. The van der Waals surface area contributed by atoms with Gasteiger partial charge in [0.2, 0.25) is 0 Å². The van der Waals surface area contributed by atoms with Crippen LogP contribution < -0.4 is 0 Å². The van der Waals surface area contributed by atoms with Crippen LogP contribution in [0.4, 0.5) is 0 Å². The Morgan fingerprint density at radius 1 is 1.44 bits per heavy atom. The van der Waals surface area contributed by atoms with Crippen molar-refractivity contribution in [3.63, 3.8) is 0 Å². The van der Waals surface area contributed by atoms with Crippen LogP contribution in [-0.4, -0.2) is 24.5 Å². The topological polar surface area (TPSA) is 3.24 Å². The molecule has 0 radical (unpaired) electrons. The molecule has 1 heteroatoms. The minimum atomic E-state index is 0.935. The average Bonchev–Trinajstić information content (AvgIpc) is 1.60. The van der Waals surface area contributed by atoms with Crippen molar-refractivity contribution in [3.05, 3.63) is 0 Å². The molecule has 54 valence electrons. The fraction of sp³-hybridized carbons (Fsp3) is 1.00. The normalized spacial score (nSPS) is 20.3. The molecule has 1 rings (SSSR count).